The molecular formula is C11H11ClN2O. The van der Waals surface area contributed by atoms with Crippen LogP contribution in [0.1, 0.15) is 17.0 Å². The lowest BCUT2D eigenvalue weighted by Gasteiger charge is -2.01. The van der Waals surface area contributed by atoms with Crippen LogP contribution in [0.4, 0.5) is 0 Å². The molecule has 0 atom stereocenters. The van der Waals surface area contributed by atoms with Gasteiger partial charge in [-0.25, -0.2) is 0 Å². The quantitative estimate of drug-likeness (QED) is 0.733. The smallest absolute Gasteiger partial charge is 0.248 e. The Kier molecular flexibility index (Phi) is 2.73. The van der Waals surface area contributed by atoms with Gasteiger partial charge in [0.05, 0.1) is 0 Å². The molecule has 0 amide bonds. The van der Waals surface area contributed by atoms with Gasteiger partial charge in [-0.15, -0.1) is 21.8 Å². The lowest BCUT2D eigenvalue weighted by Crippen LogP contribution is -1.84. The van der Waals surface area contributed by atoms with Gasteiger partial charge in [0.25, 0.3) is 0 Å². The van der Waals surface area contributed by atoms with E-state index in [0.717, 1.165) is 11.1 Å². The van der Waals surface area contributed by atoms with Crippen molar-refractivity contribution >= 4 is 11.6 Å². The second-order valence-electron chi connectivity index (χ2n) is 3.45. The molecule has 0 spiro atoms. The van der Waals surface area contributed by atoms with Crippen molar-refractivity contribution in [1.82, 2.24) is 10.2 Å². The monoisotopic (exact) mass is 222 g/mol. The molecule has 1 heterocycles. The molecular weight excluding hydrogens is 212 g/mol. The first-order valence-corrected chi connectivity index (χ1v) is 5.20. The molecule has 0 radical (unpaired) electrons. The highest BCUT2D eigenvalue weighted by Crippen LogP contribution is 2.23. The van der Waals surface area contributed by atoms with Gasteiger partial charge in [0.15, 0.2) is 0 Å². The van der Waals surface area contributed by atoms with E-state index in [0.29, 0.717) is 11.8 Å². The molecule has 0 aliphatic heterocycles. The minimum Gasteiger partial charge on any atom is -0.419 e. The molecule has 15 heavy (non-hydrogen) atoms. The molecule has 1 aromatic heterocycles. The molecule has 0 fully saturated rings. The van der Waals surface area contributed by atoms with Crippen molar-refractivity contribution in [3.63, 3.8) is 0 Å². The van der Waals surface area contributed by atoms with E-state index in [2.05, 4.69) is 16.3 Å². The largest absolute Gasteiger partial charge is 0.419 e. The zero-order valence-corrected chi connectivity index (χ0v) is 9.38. The van der Waals surface area contributed by atoms with Gasteiger partial charge < -0.3 is 4.42 Å². The molecule has 0 saturated carbocycles. The second-order valence-corrected chi connectivity index (χ2v) is 3.72. The van der Waals surface area contributed by atoms with Crippen molar-refractivity contribution < 1.29 is 4.42 Å². The van der Waals surface area contributed by atoms with Gasteiger partial charge in [0, 0.05) is 5.56 Å². The Hall–Kier alpha value is -1.35. The maximum absolute atomic E-state index is 5.60. The van der Waals surface area contributed by atoms with Crippen LogP contribution in [0, 0.1) is 13.8 Å². The van der Waals surface area contributed by atoms with Gasteiger partial charge >= 0.3 is 0 Å². The summed E-state index contributed by atoms with van der Waals surface area (Å²) in [5, 5.41) is 7.79. The molecule has 0 aliphatic carbocycles. The van der Waals surface area contributed by atoms with Crippen LogP contribution in [-0.2, 0) is 5.88 Å². The van der Waals surface area contributed by atoms with Gasteiger partial charge in [-0.1, -0.05) is 17.7 Å². The SMILES string of the molecule is Cc1ccc(C)c(-c2nnc(CCl)o2)c1. The maximum Gasteiger partial charge on any atom is 0.248 e. The van der Waals surface area contributed by atoms with E-state index >= 15 is 0 Å². The van der Waals surface area contributed by atoms with Crippen LogP contribution >= 0.6 is 11.6 Å². The number of benzene rings is 1. The minimum atomic E-state index is 0.248. The molecule has 0 aliphatic rings. The van der Waals surface area contributed by atoms with Crippen LogP contribution in [0.5, 0.6) is 0 Å². The van der Waals surface area contributed by atoms with Crippen LogP contribution in [0.25, 0.3) is 11.5 Å². The van der Waals surface area contributed by atoms with Crippen molar-refractivity contribution in [2.75, 3.05) is 0 Å². The number of alkyl halides is 1. The summed E-state index contributed by atoms with van der Waals surface area (Å²) >= 11 is 5.60. The fourth-order valence-corrected chi connectivity index (χ4v) is 1.49. The summed E-state index contributed by atoms with van der Waals surface area (Å²) < 4.78 is 5.40. The van der Waals surface area contributed by atoms with Crippen LogP contribution in [-0.4, -0.2) is 10.2 Å². The zero-order chi connectivity index (χ0) is 10.8. The molecule has 78 valence electrons. The van der Waals surface area contributed by atoms with Gasteiger partial charge in [0.1, 0.15) is 5.88 Å². The standard InChI is InChI=1S/C11H11ClN2O/c1-7-3-4-8(2)9(5-7)11-14-13-10(6-12)15-11/h3-5H,6H2,1-2H3. The van der Waals surface area contributed by atoms with Crippen molar-refractivity contribution in [1.29, 1.82) is 0 Å². The Bertz CT molecular complexity index is 479. The van der Waals surface area contributed by atoms with Crippen LogP contribution in [0.3, 0.4) is 0 Å². The van der Waals surface area contributed by atoms with Crippen LogP contribution in [0.2, 0.25) is 0 Å². The third-order valence-corrected chi connectivity index (χ3v) is 2.43. The second kappa shape index (κ2) is 4.03. The van der Waals surface area contributed by atoms with E-state index in [1.165, 1.54) is 5.56 Å². The highest BCUT2D eigenvalue weighted by molar-refractivity contribution is 6.16. The molecule has 0 N–H and O–H groups in total. The summed E-state index contributed by atoms with van der Waals surface area (Å²) in [6, 6.07) is 6.12. The van der Waals surface area contributed by atoms with Gasteiger partial charge in [-0.2, -0.15) is 0 Å². The summed E-state index contributed by atoms with van der Waals surface area (Å²) in [7, 11) is 0. The highest BCUT2D eigenvalue weighted by Gasteiger charge is 2.10. The third kappa shape index (κ3) is 2.02. The summed E-state index contributed by atoms with van der Waals surface area (Å²) in [5.74, 6) is 1.23. The summed E-state index contributed by atoms with van der Waals surface area (Å²) in [6.07, 6.45) is 0. The number of rotatable bonds is 2. The number of nitrogens with zero attached hydrogens (tertiary/aromatic N) is 2. The van der Waals surface area contributed by atoms with E-state index in [1.807, 2.05) is 26.0 Å². The average molecular weight is 223 g/mol. The highest BCUT2D eigenvalue weighted by atomic mass is 35.5. The Morgan fingerprint density at radius 2 is 2.07 bits per heavy atom. The Labute approximate surface area is 93.1 Å². The van der Waals surface area contributed by atoms with Crippen molar-refractivity contribution in [2.24, 2.45) is 0 Å². The van der Waals surface area contributed by atoms with Crippen molar-refractivity contribution in [3.8, 4) is 11.5 Å². The van der Waals surface area contributed by atoms with Crippen molar-refractivity contribution in [2.45, 2.75) is 19.7 Å². The first kappa shape index (κ1) is 10.2. The maximum atomic E-state index is 5.60. The van der Waals surface area contributed by atoms with E-state index in [-0.39, 0.29) is 5.88 Å². The fourth-order valence-electron chi connectivity index (χ4n) is 1.38. The Morgan fingerprint density at radius 3 is 2.73 bits per heavy atom. The fraction of sp³-hybridized carbons (Fsp3) is 0.273. The molecule has 2 rings (SSSR count). The lowest BCUT2D eigenvalue weighted by atomic mass is 10.1. The molecule has 2 aromatic rings. The van der Waals surface area contributed by atoms with Gasteiger partial charge in [0.2, 0.25) is 11.8 Å². The first-order chi connectivity index (χ1) is 7.20. The van der Waals surface area contributed by atoms with E-state index in [9.17, 15) is 0 Å². The first-order valence-electron chi connectivity index (χ1n) is 4.66. The Morgan fingerprint density at radius 1 is 1.27 bits per heavy atom. The predicted octanol–water partition coefficient (Wildman–Crippen LogP) is 3.09. The van der Waals surface area contributed by atoms with Crippen LogP contribution in [0.15, 0.2) is 22.6 Å². The molecule has 1 aromatic carbocycles. The molecule has 3 nitrogen and oxygen atoms in total. The van der Waals surface area contributed by atoms with Crippen molar-refractivity contribution in [3.05, 3.63) is 35.2 Å². The summed E-state index contributed by atoms with van der Waals surface area (Å²) in [6.45, 7) is 4.04. The summed E-state index contributed by atoms with van der Waals surface area (Å²) in [5.41, 5.74) is 3.26. The van der Waals surface area contributed by atoms with E-state index in [4.69, 9.17) is 16.0 Å². The minimum absolute atomic E-state index is 0.248. The molecule has 0 bridgehead atoms. The number of aromatic nitrogens is 2. The van der Waals surface area contributed by atoms with E-state index < -0.39 is 0 Å². The third-order valence-electron chi connectivity index (χ3n) is 2.20. The zero-order valence-electron chi connectivity index (χ0n) is 8.62. The molecule has 4 heteroatoms. The lowest BCUT2D eigenvalue weighted by molar-refractivity contribution is 0.527. The predicted molar refractivity (Wildman–Crippen MR) is 58.8 cm³/mol. The number of hydrogen-bond donors (Lipinski definition) is 0. The summed E-state index contributed by atoms with van der Waals surface area (Å²) in [4.78, 5) is 0. The molecule has 0 saturated heterocycles. The Balaban J connectivity index is 2.48. The topological polar surface area (TPSA) is 38.9 Å². The number of halogens is 1. The van der Waals surface area contributed by atoms with Crippen LogP contribution < -0.4 is 0 Å². The molecule has 0 unspecified atom stereocenters. The normalized spacial score (nSPS) is 10.6. The number of aryl methyl sites for hydroxylation is 2. The number of hydrogen-bond acceptors (Lipinski definition) is 3. The van der Waals surface area contributed by atoms with Gasteiger partial charge in [-0.3, -0.25) is 0 Å². The van der Waals surface area contributed by atoms with E-state index in [1.54, 1.807) is 0 Å². The van der Waals surface area contributed by atoms with Gasteiger partial charge in [-0.05, 0) is 25.5 Å². The average Bonchev–Trinajstić information content (AvgIpc) is 2.70.